The van der Waals surface area contributed by atoms with Gasteiger partial charge in [0.15, 0.2) is 5.11 Å². The zero-order chi connectivity index (χ0) is 20.8. The Labute approximate surface area is 178 Å². The number of benzene rings is 1. The number of ether oxygens (including phenoxy) is 1. The van der Waals surface area contributed by atoms with Crippen molar-refractivity contribution in [2.24, 2.45) is 0 Å². The van der Waals surface area contributed by atoms with E-state index in [1.807, 2.05) is 26.0 Å². The quantitative estimate of drug-likeness (QED) is 0.498. The lowest BCUT2D eigenvalue weighted by Crippen LogP contribution is -2.30. The molecule has 28 heavy (non-hydrogen) atoms. The molecule has 1 amide bonds. The number of thiophene rings is 1. The molecular weight excluding hydrogens is 418 g/mol. The Morgan fingerprint density at radius 2 is 1.86 bits per heavy atom. The summed E-state index contributed by atoms with van der Waals surface area (Å²) >= 11 is 12.7. The lowest BCUT2D eigenvalue weighted by molar-refractivity contribution is 0.0601. The third-order valence-corrected chi connectivity index (χ3v) is 5.86. The van der Waals surface area contributed by atoms with Gasteiger partial charge in [-0.25, -0.2) is 4.79 Å². The van der Waals surface area contributed by atoms with Crippen LogP contribution in [0.25, 0.3) is 0 Å². The number of methoxy groups -OCH3 is 1. The average molecular weight is 440 g/mol. The van der Waals surface area contributed by atoms with Crippen LogP contribution in [-0.2, 0) is 4.74 Å². The van der Waals surface area contributed by atoms with E-state index < -0.39 is 5.97 Å². The molecular formula is C19H22ClN3O3S2. The number of hydrogen-bond acceptors (Lipinski definition) is 5. The molecule has 2 rings (SSSR count). The molecule has 0 spiro atoms. The lowest BCUT2D eigenvalue weighted by Gasteiger charge is -2.18. The molecule has 0 fully saturated rings. The molecule has 0 saturated carbocycles. The van der Waals surface area contributed by atoms with Crippen LogP contribution in [0.2, 0.25) is 5.02 Å². The second-order valence-electron chi connectivity index (χ2n) is 5.79. The first-order valence-corrected chi connectivity index (χ1v) is 10.3. The molecule has 0 saturated heterocycles. The van der Waals surface area contributed by atoms with E-state index in [4.69, 9.17) is 28.6 Å². The third kappa shape index (κ3) is 4.81. The highest BCUT2D eigenvalue weighted by Crippen LogP contribution is 2.35. The number of carbonyl (C=O) groups is 2. The molecule has 1 aromatic heterocycles. The van der Waals surface area contributed by atoms with Crippen molar-refractivity contribution in [3.63, 3.8) is 0 Å². The summed E-state index contributed by atoms with van der Waals surface area (Å²) in [6, 6.07) is 7.16. The number of nitrogens with one attached hydrogen (secondary N) is 2. The van der Waals surface area contributed by atoms with Crippen LogP contribution in [0.1, 0.15) is 39.4 Å². The minimum Gasteiger partial charge on any atom is -0.465 e. The maximum Gasteiger partial charge on any atom is 0.341 e. The molecule has 6 nitrogen and oxygen atoms in total. The Hall–Kier alpha value is -2.16. The van der Waals surface area contributed by atoms with E-state index in [2.05, 4.69) is 10.6 Å². The topological polar surface area (TPSA) is 70.7 Å². The number of rotatable bonds is 6. The lowest BCUT2D eigenvalue weighted by atomic mass is 10.1. The average Bonchev–Trinajstić information content (AvgIpc) is 2.99. The van der Waals surface area contributed by atoms with Crippen molar-refractivity contribution in [2.45, 2.75) is 20.8 Å². The summed E-state index contributed by atoms with van der Waals surface area (Å²) < 4.78 is 4.90. The van der Waals surface area contributed by atoms with E-state index in [1.165, 1.54) is 18.4 Å². The summed E-state index contributed by atoms with van der Waals surface area (Å²) in [5.74, 6) is -0.661. The van der Waals surface area contributed by atoms with Crippen molar-refractivity contribution in [1.29, 1.82) is 0 Å². The first-order valence-electron chi connectivity index (χ1n) is 8.67. The summed E-state index contributed by atoms with van der Waals surface area (Å²) in [5, 5.41) is 7.21. The number of esters is 1. The smallest absolute Gasteiger partial charge is 0.341 e. The van der Waals surface area contributed by atoms with Crippen LogP contribution in [0.4, 0.5) is 10.7 Å². The first kappa shape index (κ1) is 22.1. The third-order valence-electron chi connectivity index (χ3n) is 4.13. The van der Waals surface area contributed by atoms with Gasteiger partial charge in [0, 0.05) is 13.1 Å². The molecule has 0 aliphatic carbocycles. The number of amides is 1. The number of halogens is 1. The van der Waals surface area contributed by atoms with Crippen LogP contribution in [0.3, 0.4) is 0 Å². The molecule has 0 radical (unpaired) electrons. The van der Waals surface area contributed by atoms with Crippen LogP contribution < -0.4 is 10.6 Å². The number of hydrogen-bond donors (Lipinski definition) is 2. The first-order chi connectivity index (χ1) is 13.3. The van der Waals surface area contributed by atoms with E-state index in [0.29, 0.717) is 44.8 Å². The van der Waals surface area contributed by atoms with E-state index in [-0.39, 0.29) is 11.0 Å². The van der Waals surface area contributed by atoms with Gasteiger partial charge in [-0.3, -0.25) is 4.79 Å². The molecule has 0 bridgehead atoms. The maximum absolute atomic E-state index is 12.8. The van der Waals surface area contributed by atoms with Crippen molar-refractivity contribution in [3.8, 4) is 0 Å². The fraction of sp³-hybridized carbons (Fsp3) is 0.316. The molecule has 2 aromatic rings. The fourth-order valence-electron chi connectivity index (χ4n) is 2.63. The predicted molar refractivity (Wildman–Crippen MR) is 119 cm³/mol. The van der Waals surface area contributed by atoms with Crippen LogP contribution in [-0.4, -0.2) is 42.1 Å². The fourth-order valence-corrected chi connectivity index (χ4v) is 4.25. The van der Waals surface area contributed by atoms with Gasteiger partial charge >= 0.3 is 5.97 Å². The Kier molecular flexibility index (Phi) is 7.79. The highest BCUT2D eigenvalue weighted by molar-refractivity contribution is 7.80. The van der Waals surface area contributed by atoms with Gasteiger partial charge in [0.2, 0.25) is 0 Å². The minimum absolute atomic E-state index is 0.129. The molecule has 9 heteroatoms. The monoisotopic (exact) mass is 439 g/mol. The molecule has 150 valence electrons. The van der Waals surface area contributed by atoms with Crippen LogP contribution >= 0.6 is 35.2 Å². The van der Waals surface area contributed by atoms with E-state index in [0.717, 1.165) is 0 Å². The van der Waals surface area contributed by atoms with Gasteiger partial charge in [0.05, 0.1) is 28.3 Å². The summed E-state index contributed by atoms with van der Waals surface area (Å²) in [7, 11) is 1.30. The SMILES string of the molecule is CCN(CC)C(=O)c1sc(NC(=S)Nc2ccccc2Cl)c(C(=O)OC)c1C. The molecule has 0 aliphatic heterocycles. The zero-order valence-corrected chi connectivity index (χ0v) is 18.5. The van der Waals surface area contributed by atoms with Gasteiger partial charge in [0.1, 0.15) is 5.00 Å². The molecule has 1 heterocycles. The standard InChI is InChI=1S/C19H22ClN3O3S2/c1-5-23(6-2)17(24)15-11(3)14(18(25)26-4)16(28-15)22-19(27)21-13-10-8-7-9-12(13)20/h7-10H,5-6H2,1-4H3,(H2,21,22,27). The van der Waals surface area contributed by atoms with Crippen molar-refractivity contribution < 1.29 is 14.3 Å². The van der Waals surface area contributed by atoms with Gasteiger partial charge in [-0.1, -0.05) is 23.7 Å². The Balaban J connectivity index is 2.35. The van der Waals surface area contributed by atoms with Gasteiger partial charge in [-0.05, 0) is 50.7 Å². The van der Waals surface area contributed by atoms with Crippen molar-refractivity contribution in [3.05, 3.63) is 45.3 Å². The Morgan fingerprint density at radius 3 is 2.43 bits per heavy atom. The highest BCUT2D eigenvalue weighted by atomic mass is 35.5. The number of para-hydroxylation sites is 1. The molecule has 2 N–H and O–H groups in total. The predicted octanol–water partition coefficient (Wildman–Crippen LogP) is 4.79. The van der Waals surface area contributed by atoms with Gasteiger partial charge in [-0.2, -0.15) is 0 Å². The van der Waals surface area contributed by atoms with Gasteiger partial charge < -0.3 is 20.3 Å². The number of thiocarbonyl (C=S) groups is 1. The van der Waals surface area contributed by atoms with E-state index in [9.17, 15) is 9.59 Å². The van der Waals surface area contributed by atoms with E-state index in [1.54, 1.807) is 24.0 Å². The second kappa shape index (κ2) is 9.86. The van der Waals surface area contributed by atoms with Crippen LogP contribution in [0.15, 0.2) is 24.3 Å². The molecule has 0 aliphatic rings. The highest BCUT2D eigenvalue weighted by Gasteiger charge is 2.27. The normalized spacial score (nSPS) is 10.3. The summed E-state index contributed by atoms with van der Waals surface area (Å²) in [6.07, 6.45) is 0. The van der Waals surface area contributed by atoms with E-state index >= 15 is 0 Å². The number of carbonyl (C=O) groups excluding carboxylic acids is 2. The number of anilines is 2. The zero-order valence-electron chi connectivity index (χ0n) is 16.1. The Bertz CT molecular complexity index is 895. The molecule has 0 atom stereocenters. The largest absolute Gasteiger partial charge is 0.465 e. The van der Waals surface area contributed by atoms with Crippen molar-refractivity contribution in [1.82, 2.24) is 4.90 Å². The minimum atomic E-state index is -0.532. The maximum atomic E-state index is 12.8. The van der Waals surface area contributed by atoms with Crippen molar-refractivity contribution >= 4 is 62.8 Å². The second-order valence-corrected chi connectivity index (χ2v) is 7.62. The summed E-state index contributed by atoms with van der Waals surface area (Å²) in [4.78, 5) is 27.3. The molecule has 0 unspecified atom stereocenters. The van der Waals surface area contributed by atoms with Gasteiger partial charge in [-0.15, -0.1) is 11.3 Å². The Morgan fingerprint density at radius 1 is 1.21 bits per heavy atom. The van der Waals surface area contributed by atoms with Crippen LogP contribution in [0, 0.1) is 6.92 Å². The summed E-state index contributed by atoms with van der Waals surface area (Å²) in [5.41, 5.74) is 1.50. The number of nitrogens with zero attached hydrogens (tertiary/aromatic N) is 1. The van der Waals surface area contributed by atoms with Crippen LogP contribution in [0.5, 0.6) is 0 Å². The van der Waals surface area contributed by atoms with Gasteiger partial charge in [0.25, 0.3) is 5.91 Å². The molecule has 1 aromatic carbocycles. The summed E-state index contributed by atoms with van der Waals surface area (Å²) in [6.45, 7) is 6.71. The van der Waals surface area contributed by atoms with Crippen molar-refractivity contribution in [2.75, 3.05) is 30.8 Å².